The Morgan fingerprint density at radius 2 is 2.06 bits per heavy atom. The van der Waals surface area contributed by atoms with Crippen molar-refractivity contribution in [2.24, 2.45) is 5.92 Å². The first-order valence-corrected chi connectivity index (χ1v) is 5.67. The zero-order valence-electron chi connectivity index (χ0n) is 9.15. The average molecular weight is 243 g/mol. The van der Waals surface area contributed by atoms with Crippen molar-refractivity contribution in [3.8, 4) is 5.75 Å². The molecule has 0 heterocycles. The number of hydrogen-bond acceptors (Lipinski definition) is 2. The van der Waals surface area contributed by atoms with E-state index in [9.17, 15) is 4.79 Å². The second-order valence-corrected chi connectivity index (χ2v) is 3.92. The van der Waals surface area contributed by atoms with Crippen molar-refractivity contribution in [3.05, 3.63) is 29.8 Å². The summed E-state index contributed by atoms with van der Waals surface area (Å²) in [6.07, 6.45) is 0.507. The van der Waals surface area contributed by atoms with Gasteiger partial charge < -0.3 is 9.84 Å². The van der Waals surface area contributed by atoms with E-state index in [4.69, 9.17) is 21.4 Å². The Labute approximate surface area is 100.0 Å². The Kier molecular flexibility index (Phi) is 5.12. The summed E-state index contributed by atoms with van der Waals surface area (Å²) < 4.78 is 5.42. The molecular weight excluding hydrogens is 228 g/mol. The first kappa shape index (κ1) is 12.8. The van der Waals surface area contributed by atoms with Crippen LogP contribution >= 0.6 is 11.6 Å². The fourth-order valence-corrected chi connectivity index (χ4v) is 1.33. The Morgan fingerprint density at radius 3 is 2.56 bits per heavy atom. The number of benzene rings is 1. The Bertz CT molecular complexity index is 335. The molecule has 0 aliphatic rings. The number of ether oxygens (including phenoxy) is 1. The predicted molar refractivity (Wildman–Crippen MR) is 62.9 cm³/mol. The monoisotopic (exact) mass is 242 g/mol. The summed E-state index contributed by atoms with van der Waals surface area (Å²) in [7, 11) is 0. The van der Waals surface area contributed by atoms with E-state index in [1.165, 1.54) is 0 Å². The lowest BCUT2D eigenvalue weighted by Crippen LogP contribution is -2.13. The van der Waals surface area contributed by atoms with Crippen LogP contribution < -0.4 is 4.74 Å². The van der Waals surface area contributed by atoms with Crippen molar-refractivity contribution in [1.82, 2.24) is 0 Å². The fourth-order valence-electron chi connectivity index (χ4n) is 1.15. The van der Waals surface area contributed by atoms with Crippen molar-refractivity contribution >= 4 is 17.6 Å². The van der Waals surface area contributed by atoms with Gasteiger partial charge in [-0.3, -0.25) is 4.79 Å². The summed E-state index contributed by atoms with van der Waals surface area (Å²) >= 11 is 5.65. The van der Waals surface area contributed by atoms with Crippen LogP contribution in [0.1, 0.15) is 18.9 Å². The molecule has 1 aromatic carbocycles. The van der Waals surface area contributed by atoms with Crippen LogP contribution in [0.2, 0.25) is 0 Å². The smallest absolute Gasteiger partial charge is 0.306 e. The van der Waals surface area contributed by atoms with Gasteiger partial charge in [0.05, 0.1) is 12.5 Å². The molecule has 1 rings (SSSR count). The number of alkyl halides is 1. The summed E-state index contributed by atoms with van der Waals surface area (Å²) in [4.78, 5) is 10.6. The first-order valence-electron chi connectivity index (χ1n) is 5.14. The highest BCUT2D eigenvalue weighted by atomic mass is 35.5. The van der Waals surface area contributed by atoms with Crippen LogP contribution in [0, 0.1) is 5.92 Å². The van der Waals surface area contributed by atoms with E-state index in [2.05, 4.69) is 0 Å². The molecule has 88 valence electrons. The molecule has 0 aliphatic heterocycles. The minimum atomic E-state index is -0.791. The van der Waals surface area contributed by atoms with E-state index >= 15 is 0 Å². The summed E-state index contributed by atoms with van der Waals surface area (Å²) in [6, 6.07) is 7.46. The molecule has 0 saturated carbocycles. The molecule has 1 unspecified atom stereocenters. The number of carboxylic acid groups (broad SMARTS) is 1. The number of hydrogen-bond donors (Lipinski definition) is 1. The highest BCUT2D eigenvalue weighted by Crippen LogP contribution is 2.14. The Morgan fingerprint density at radius 1 is 1.44 bits per heavy atom. The van der Waals surface area contributed by atoms with Crippen LogP contribution in [-0.4, -0.2) is 17.7 Å². The number of rotatable bonds is 6. The van der Waals surface area contributed by atoms with Crippen molar-refractivity contribution in [3.63, 3.8) is 0 Å². The van der Waals surface area contributed by atoms with Crippen molar-refractivity contribution in [2.75, 3.05) is 6.61 Å². The predicted octanol–water partition coefficient (Wildman–Crippen LogP) is 2.92. The molecule has 0 amide bonds. The lowest BCUT2D eigenvalue weighted by Gasteiger charge is -2.08. The lowest BCUT2D eigenvalue weighted by atomic mass is 10.1. The number of carbonyl (C=O) groups is 1. The van der Waals surface area contributed by atoms with E-state index in [0.29, 0.717) is 18.9 Å². The van der Waals surface area contributed by atoms with Crippen molar-refractivity contribution in [1.29, 1.82) is 0 Å². The largest absolute Gasteiger partial charge is 0.494 e. The van der Waals surface area contributed by atoms with Gasteiger partial charge in [-0.1, -0.05) is 19.1 Å². The molecule has 0 saturated heterocycles. The maximum atomic E-state index is 10.6. The summed E-state index contributed by atoms with van der Waals surface area (Å²) in [5, 5.41) is 8.68. The second-order valence-electron chi connectivity index (χ2n) is 3.65. The SMILES string of the molecule is CC(CCOc1ccc(CCl)cc1)C(=O)O. The van der Waals surface area contributed by atoms with Gasteiger partial charge in [-0.15, -0.1) is 11.6 Å². The van der Waals surface area contributed by atoms with E-state index < -0.39 is 5.97 Å². The molecule has 3 nitrogen and oxygen atoms in total. The van der Waals surface area contributed by atoms with Crippen molar-refractivity contribution in [2.45, 2.75) is 19.2 Å². The zero-order valence-corrected chi connectivity index (χ0v) is 9.91. The second kappa shape index (κ2) is 6.38. The molecule has 16 heavy (non-hydrogen) atoms. The molecule has 1 atom stereocenters. The van der Waals surface area contributed by atoms with E-state index in [0.717, 1.165) is 11.3 Å². The van der Waals surface area contributed by atoms with Gasteiger partial charge in [0.15, 0.2) is 0 Å². The van der Waals surface area contributed by atoms with Gasteiger partial charge in [-0.05, 0) is 24.1 Å². The summed E-state index contributed by atoms with van der Waals surface area (Å²) in [6.45, 7) is 2.08. The highest BCUT2D eigenvalue weighted by Gasteiger charge is 2.10. The van der Waals surface area contributed by atoms with Gasteiger partial charge in [0, 0.05) is 5.88 Å². The number of carboxylic acids is 1. The molecule has 0 bridgehead atoms. The average Bonchev–Trinajstić information content (AvgIpc) is 2.29. The Balaban J connectivity index is 2.34. The van der Waals surface area contributed by atoms with Crippen LogP contribution in [0.15, 0.2) is 24.3 Å². The Hall–Kier alpha value is -1.22. The molecule has 1 aromatic rings. The van der Waals surface area contributed by atoms with E-state index in [1.54, 1.807) is 6.92 Å². The molecule has 0 fully saturated rings. The van der Waals surface area contributed by atoms with E-state index in [1.807, 2.05) is 24.3 Å². The molecule has 0 spiro atoms. The molecule has 1 N–H and O–H groups in total. The van der Waals surface area contributed by atoms with Crippen LogP contribution in [-0.2, 0) is 10.7 Å². The maximum Gasteiger partial charge on any atom is 0.306 e. The normalized spacial score (nSPS) is 12.1. The summed E-state index contributed by atoms with van der Waals surface area (Å²) in [5.41, 5.74) is 1.04. The number of halogens is 1. The van der Waals surface area contributed by atoms with Crippen LogP contribution in [0.4, 0.5) is 0 Å². The van der Waals surface area contributed by atoms with Crippen LogP contribution in [0.3, 0.4) is 0 Å². The zero-order chi connectivity index (χ0) is 12.0. The van der Waals surface area contributed by atoms with Gasteiger partial charge in [0.25, 0.3) is 0 Å². The molecule has 0 aliphatic carbocycles. The highest BCUT2D eigenvalue weighted by molar-refractivity contribution is 6.17. The topological polar surface area (TPSA) is 46.5 Å². The summed E-state index contributed by atoms with van der Waals surface area (Å²) in [5.74, 6) is 0.0609. The third-order valence-corrected chi connectivity index (χ3v) is 2.63. The quantitative estimate of drug-likeness (QED) is 0.781. The standard InChI is InChI=1S/C12H15ClO3/c1-9(12(14)15)6-7-16-11-4-2-10(8-13)3-5-11/h2-5,9H,6-8H2,1H3,(H,14,15). The third-order valence-electron chi connectivity index (χ3n) is 2.32. The first-order chi connectivity index (χ1) is 7.63. The van der Waals surface area contributed by atoms with E-state index in [-0.39, 0.29) is 5.92 Å². The lowest BCUT2D eigenvalue weighted by molar-refractivity contribution is -0.141. The molecule has 4 heteroatoms. The van der Waals surface area contributed by atoms with Crippen molar-refractivity contribution < 1.29 is 14.6 Å². The van der Waals surface area contributed by atoms with Crippen LogP contribution in [0.5, 0.6) is 5.75 Å². The van der Waals surface area contributed by atoms with Gasteiger partial charge in [-0.2, -0.15) is 0 Å². The minimum Gasteiger partial charge on any atom is -0.494 e. The van der Waals surface area contributed by atoms with Gasteiger partial charge in [0.1, 0.15) is 5.75 Å². The third kappa shape index (κ3) is 4.11. The van der Waals surface area contributed by atoms with Gasteiger partial charge in [0.2, 0.25) is 0 Å². The molecule has 0 aromatic heterocycles. The van der Waals surface area contributed by atoms with Gasteiger partial charge in [-0.25, -0.2) is 0 Å². The maximum absolute atomic E-state index is 10.6. The molecule has 0 radical (unpaired) electrons. The van der Waals surface area contributed by atoms with Crippen LogP contribution in [0.25, 0.3) is 0 Å². The van der Waals surface area contributed by atoms with Gasteiger partial charge >= 0.3 is 5.97 Å². The molecular formula is C12H15ClO3. The minimum absolute atomic E-state index is 0.373. The fraction of sp³-hybridized carbons (Fsp3) is 0.417. The number of aliphatic carboxylic acids is 1.